The van der Waals surface area contributed by atoms with Crippen molar-refractivity contribution in [2.75, 3.05) is 6.61 Å². The normalized spacial score (nSPS) is 15.5. The summed E-state index contributed by atoms with van der Waals surface area (Å²) < 4.78 is 40.2. The molecule has 3 aromatic carbocycles. The molecule has 0 aliphatic heterocycles. The van der Waals surface area contributed by atoms with Gasteiger partial charge in [0.05, 0.1) is 5.02 Å². The van der Waals surface area contributed by atoms with Crippen LogP contribution in [0.4, 0.5) is 0 Å². The van der Waals surface area contributed by atoms with Gasteiger partial charge in [-0.3, -0.25) is 0 Å². The van der Waals surface area contributed by atoms with Crippen LogP contribution in [-0.2, 0) is 21.2 Å². The van der Waals surface area contributed by atoms with Crippen LogP contribution in [0.2, 0.25) is 5.02 Å². The smallest absolute Gasteiger partial charge is 0.341 e. The van der Waals surface area contributed by atoms with Gasteiger partial charge in [0, 0.05) is 12.1 Å². The number of carbonyl (C=O) groups is 1. The zero-order chi connectivity index (χ0) is 23.4. The van der Waals surface area contributed by atoms with Gasteiger partial charge >= 0.3 is 5.97 Å². The Kier molecular flexibility index (Phi) is 6.88. The zero-order valence-electron chi connectivity index (χ0n) is 17.5. The molecule has 0 heterocycles. The van der Waals surface area contributed by atoms with Gasteiger partial charge in [-0.1, -0.05) is 41.9 Å². The maximum absolute atomic E-state index is 13.2. The average Bonchev–Trinajstić information content (AvgIpc) is 2.78. The van der Waals surface area contributed by atoms with Crippen molar-refractivity contribution in [3.8, 4) is 17.2 Å². The van der Waals surface area contributed by atoms with E-state index in [9.17, 15) is 13.2 Å². The van der Waals surface area contributed by atoms with Gasteiger partial charge < -0.3 is 14.6 Å². The summed E-state index contributed by atoms with van der Waals surface area (Å²) in [7, 11) is -3.93. The molecule has 9 heteroatoms. The number of sulfonamides is 1. The van der Waals surface area contributed by atoms with E-state index in [1.165, 1.54) is 12.1 Å². The number of aliphatic carboxylic acids is 1. The molecule has 0 bridgehead atoms. The monoisotopic (exact) mass is 487 g/mol. The summed E-state index contributed by atoms with van der Waals surface area (Å²) in [5.74, 6) is 0.421. The van der Waals surface area contributed by atoms with Crippen LogP contribution in [0.25, 0.3) is 0 Å². The van der Waals surface area contributed by atoms with Gasteiger partial charge in [-0.05, 0) is 60.7 Å². The minimum atomic E-state index is -3.93. The van der Waals surface area contributed by atoms with Crippen molar-refractivity contribution >= 4 is 27.6 Å². The summed E-state index contributed by atoms with van der Waals surface area (Å²) in [5.41, 5.74) is 1.59. The number of rotatable bonds is 8. The van der Waals surface area contributed by atoms with E-state index < -0.39 is 28.6 Å². The number of nitrogens with one attached hydrogen (secondary N) is 1. The highest BCUT2D eigenvalue weighted by atomic mass is 35.5. The number of fused-ring (bicyclic) bond motifs is 1. The van der Waals surface area contributed by atoms with E-state index in [0.29, 0.717) is 30.1 Å². The molecular weight excluding hydrogens is 466 g/mol. The van der Waals surface area contributed by atoms with Crippen LogP contribution in [0.1, 0.15) is 30.0 Å². The van der Waals surface area contributed by atoms with E-state index in [1.807, 2.05) is 24.3 Å². The number of carboxylic acid groups (broad SMARTS) is 1. The lowest BCUT2D eigenvalue weighted by Gasteiger charge is -2.27. The molecule has 1 aliphatic carbocycles. The Balaban J connectivity index is 1.55. The number of hydrogen-bond acceptors (Lipinski definition) is 5. The predicted molar refractivity (Wildman–Crippen MR) is 124 cm³/mol. The average molecular weight is 488 g/mol. The second-order valence-corrected chi connectivity index (χ2v) is 9.67. The first-order valence-corrected chi connectivity index (χ1v) is 12.2. The van der Waals surface area contributed by atoms with Crippen LogP contribution in [0.3, 0.4) is 0 Å². The first-order valence-electron chi connectivity index (χ1n) is 10.3. The quantitative estimate of drug-likeness (QED) is 0.466. The molecule has 0 amide bonds. The molecule has 33 heavy (non-hydrogen) atoms. The fourth-order valence-electron chi connectivity index (χ4n) is 3.85. The van der Waals surface area contributed by atoms with Crippen LogP contribution in [0, 0.1) is 0 Å². The summed E-state index contributed by atoms with van der Waals surface area (Å²) in [6.45, 7) is -0.458. The van der Waals surface area contributed by atoms with Crippen molar-refractivity contribution in [2.45, 2.75) is 30.2 Å². The third-order valence-corrected chi connectivity index (χ3v) is 7.24. The molecule has 3 aromatic rings. The molecule has 172 valence electrons. The summed E-state index contributed by atoms with van der Waals surface area (Å²) >= 11 is 6.32. The Hall–Kier alpha value is -3.07. The molecule has 0 radical (unpaired) electrons. The molecule has 4 rings (SSSR count). The van der Waals surface area contributed by atoms with Crippen molar-refractivity contribution in [1.82, 2.24) is 4.72 Å². The van der Waals surface area contributed by atoms with E-state index in [0.717, 1.165) is 17.5 Å². The van der Waals surface area contributed by atoms with Crippen molar-refractivity contribution in [3.63, 3.8) is 0 Å². The Bertz CT molecular complexity index is 1260. The Morgan fingerprint density at radius 3 is 2.58 bits per heavy atom. The Labute approximate surface area is 197 Å². The summed E-state index contributed by atoms with van der Waals surface area (Å²) in [5, 5.41) is 8.95. The van der Waals surface area contributed by atoms with Gasteiger partial charge in [0.1, 0.15) is 22.1 Å². The van der Waals surface area contributed by atoms with Crippen LogP contribution >= 0.6 is 11.6 Å². The van der Waals surface area contributed by atoms with Gasteiger partial charge in [0.15, 0.2) is 6.61 Å². The van der Waals surface area contributed by atoms with Gasteiger partial charge in [0.2, 0.25) is 10.0 Å². The van der Waals surface area contributed by atoms with Crippen molar-refractivity contribution in [2.24, 2.45) is 0 Å². The molecule has 1 atom stereocenters. The molecule has 0 spiro atoms. The first-order chi connectivity index (χ1) is 15.8. The molecule has 0 aromatic heterocycles. The number of carboxylic acids is 1. The lowest BCUT2D eigenvalue weighted by atomic mass is 9.87. The SMILES string of the molecule is O=C(O)COc1cccc2c1CCC[C@H]2NS(=O)(=O)c1ccc(Oc2ccccc2)cc1Cl. The van der Waals surface area contributed by atoms with E-state index in [-0.39, 0.29) is 9.92 Å². The van der Waals surface area contributed by atoms with Gasteiger partial charge in [-0.2, -0.15) is 0 Å². The van der Waals surface area contributed by atoms with Crippen molar-refractivity contribution < 1.29 is 27.8 Å². The standard InChI is InChI=1S/C24H22ClNO6S/c25-20-14-17(32-16-6-2-1-3-7-16)12-13-23(20)33(29,30)26-21-10-4-9-19-18(21)8-5-11-22(19)31-15-24(27)28/h1-3,5-8,11-14,21,26H,4,9-10,15H2,(H,27,28)/t21-/m1/s1. The van der Waals surface area contributed by atoms with Gasteiger partial charge in [-0.25, -0.2) is 17.9 Å². The van der Waals surface area contributed by atoms with Crippen LogP contribution in [0.5, 0.6) is 17.2 Å². The molecule has 0 saturated heterocycles. The second kappa shape index (κ2) is 9.82. The fourth-order valence-corrected chi connectivity index (χ4v) is 5.64. The molecule has 0 fully saturated rings. The minimum Gasteiger partial charge on any atom is -0.482 e. The van der Waals surface area contributed by atoms with E-state index in [2.05, 4.69) is 4.72 Å². The number of halogens is 1. The highest BCUT2D eigenvalue weighted by Crippen LogP contribution is 2.37. The highest BCUT2D eigenvalue weighted by molar-refractivity contribution is 7.89. The third-order valence-electron chi connectivity index (χ3n) is 5.28. The van der Waals surface area contributed by atoms with Gasteiger partial charge in [0.25, 0.3) is 0 Å². The molecular formula is C24H22ClNO6S. The summed E-state index contributed by atoms with van der Waals surface area (Å²) in [6.07, 6.45) is 2.00. The Morgan fingerprint density at radius 2 is 1.85 bits per heavy atom. The highest BCUT2D eigenvalue weighted by Gasteiger charge is 2.29. The maximum Gasteiger partial charge on any atom is 0.341 e. The maximum atomic E-state index is 13.2. The van der Waals surface area contributed by atoms with E-state index in [4.69, 9.17) is 26.2 Å². The molecule has 7 nitrogen and oxygen atoms in total. The lowest BCUT2D eigenvalue weighted by molar-refractivity contribution is -0.139. The van der Waals surface area contributed by atoms with Crippen LogP contribution < -0.4 is 14.2 Å². The third kappa shape index (κ3) is 5.47. The number of para-hydroxylation sites is 1. The molecule has 2 N–H and O–H groups in total. The number of ether oxygens (including phenoxy) is 2. The topological polar surface area (TPSA) is 102 Å². The molecule has 0 saturated carbocycles. The van der Waals surface area contributed by atoms with E-state index >= 15 is 0 Å². The van der Waals surface area contributed by atoms with Crippen LogP contribution in [-0.4, -0.2) is 26.1 Å². The van der Waals surface area contributed by atoms with E-state index in [1.54, 1.807) is 30.3 Å². The Morgan fingerprint density at radius 1 is 1.06 bits per heavy atom. The van der Waals surface area contributed by atoms with Crippen molar-refractivity contribution in [1.29, 1.82) is 0 Å². The molecule has 1 aliphatic rings. The minimum absolute atomic E-state index is 0.0463. The largest absolute Gasteiger partial charge is 0.482 e. The summed E-state index contributed by atoms with van der Waals surface area (Å²) in [6, 6.07) is 18.3. The van der Waals surface area contributed by atoms with Gasteiger partial charge in [-0.15, -0.1) is 0 Å². The number of benzene rings is 3. The second-order valence-electron chi connectivity index (χ2n) is 7.58. The van der Waals surface area contributed by atoms with Crippen LogP contribution in [0.15, 0.2) is 71.6 Å². The first kappa shape index (κ1) is 23.1. The predicted octanol–water partition coefficient (Wildman–Crippen LogP) is 4.95. The lowest BCUT2D eigenvalue weighted by Crippen LogP contribution is -2.31. The summed E-state index contributed by atoms with van der Waals surface area (Å²) in [4.78, 5) is 10.8. The van der Waals surface area contributed by atoms with Crippen molar-refractivity contribution in [3.05, 3.63) is 82.9 Å². The number of hydrogen-bond donors (Lipinski definition) is 2. The molecule has 0 unspecified atom stereocenters. The fraction of sp³-hybridized carbons (Fsp3) is 0.208. The zero-order valence-corrected chi connectivity index (χ0v) is 19.1.